The van der Waals surface area contributed by atoms with Gasteiger partial charge in [0.15, 0.2) is 5.58 Å². The first-order valence-corrected chi connectivity index (χ1v) is 10.1. The van der Waals surface area contributed by atoms with E-state index in [2.05, 4.69) is 10.3 Å². The maximum Gasteiger partial charge on any atom is 0.255 e. The minimum atomic E-state index is -0.162. The number of rotatable bonds is 4. The number of amides is 1. The molecule has 1 heterocycles. The second kappa shape index (κ2) is 7.92. The Morgan fingerprint density at radius 1 is 0.774 bits per heavy atom. The monoisotopic (exact) mass is 404 g/mol. The van der Waals surface area contributed by atoms with E-state index in [1.165, 1.54) is 0 Å². The van der Waals surface area contributed by atoms with Crippen molar-refractivity contribution in [1.29, 1.82) is 0 Å². The normalized spacial score (nSPS) is 10.9. The number of aromatic nitrogens is 1. The standard InChI is InChI=1S/C27H20N2O2/c1-18-10-15-24-25(16-18)31-27(29-24)22-8-5-9-23(17-22)28-26(30)21-13-11-20(12-14-21)19-6-3-2-4-7-19/h2-17H,1H3,(H,28,30). The summed E-state index contributed by atoms with van der Waals surface area (Å²) in [5, 5.41) is 2.96. The van der Waals surface area contributed by atoms with E-state index in [0.717, 1.165) is 33.4 Å². The number of hydrogen-bond acceptors (Lipinski definition) is 3. The van der Waals surface area contributed by atoms with Crippen LogP contribution in [0.15, 0.2) is 101 Å². The number of nitrogens with zero attached hydrogens (tertiary/aromatic N) is 1. The number of carbonyl (C=O) groups is 1. The van der Waals surface area contributed by atoms with Gasteiger partial charge < -0.3 is 9.73 Å². The van der Waals surface area contributed by atoms with Gasteiger partial charge in [0, 0.05) is 16.8 Å². The second-order valence-corrected chi connectivity index (χ2v) is 7.47. The van der Waals surface area contributed by atoms with Crippen molar-refractivity contribution >= 4 is 22.7 Å². The zero-order chi connectivity index (χ0) is 21.2. The molecule has 0 bridgehead atoms. The van der Waals surface area contributed by atoms with Crippen molar-refractivity contribution < 1.29 is 9.21 Å². The largest absolute Gasteiger partial charge is 0.436 e. The van der Waals surface area contributed by atoms with Crippen molar-refractivity contribution in [3.63, 3.8) is 0 Å². The summed E-state index contributed by atoms with van der Waals surface area (Å²) in [6.07, 6.45) is 0. The SMILES string of the molecule is Cc1ccc2nc(-c3cccc(NC(=O)c4ccc(-c5ccccc5)cc4)c3)oc2c1. The molecule has 1 aromatic heterocycles. The van der Waals surface area contributed by atoms with E-state index < -0.39 is 0 Å². The maximum absolute atomic E-state index is 12.7. The first kappa shape index (κ1) is 18.8. The third-order valence-electron chi connectivity index (χ3n) is 5.17. The van der Waals surface area contributed by atoms with E-state index in [0.29, 0.717) is 17.1 Å². The molecule has 0 spiro atoms. The van der Waals surface area contributed by atoms with E-state index >= 15 is 0 Å². The molecule has 4 heteroatoms. The summed E-state index contributed by atoms with van der Waals surface area (Å²) in [5.41, 5.74) is 6.98. The fourth-order valence-corrected chi connectivity index (χ4v) is 3.53. The van der Waals surface area contributed by atoms with Crippen molar-refractivity contribution in [2.75, 3.05) is 5.32 Å². The van der Waals surface area contributed by atoms with Crippen LogP contribution in [0.25, 0.3) is 33.7 Å². The fraction of sp³-hybridized carbons (Fsp3) is 0.0370. The summed E-state index contributed by atoms with van der Waals surface area (Å²) >= 11 is 0. The van der Waals surface area contributed by atoms with Crippen molar-refractivity contribution in [1.82, 2.24) is 4.98 Å². The van der Waals surface area contributed by atoms with Crippen LogP contribution >= 0.6 is 0 Å². The Balaban J connectivity index is 1.36. The van der Waals surface area contributed by atoms with E-state index in [1.807, 2.05) is 104 Å². The number of carbonyl (C=O) groups excluding carboxylic acids is 1. The van der Waals surface area contributed by atoms with Crippen LogP contribution in [0.5, 0.6) is 0 Å². The average Bonchev–Trinajstić information content (AvgIpc) is 3.23. The van der Waals surface area contributed by atoms with Gasteiger partial charge in [0.1, 0.15) is 5.52 Å². The summed E-state index contributed by atoms with van der Waals surface area (Å²) in [6, 6.07) is 31.1. The summed E-state index contributed by atoms with van der Waals surface area (Å²) in [6.45, 7) is 2.02. The van der Waals surface area contributed by atoms with Crippen LogP contribution < -0.4 is 5.32 Å². The Bertz CT molecular complexity index is 1370. The van der Waals surface area contributed by atoms with E-state index in [9.17, 15) is 4.79 Å². The first-order valence-electron chi connectivity index (χ1n) is 10.1. The van der Waals surface area contributed by atoms with Gasteiger partial charge in [-0.05, 0) is 66.1 Å². The van der Waals surface area contributed by atoms with Gasteiger partial charge in [-0.3, -0.25) is 4.79 Å². The molecule has 0 saturated heterocycles. The second-order valence-electron chi connectivity index (χ2n) is 7.47. The fourth-order valence-electron chi connectivity index (χ4n) is 3.53. The lowest BCUT2D eigenvalue weighted by Crippen LogP contribution is -2.11. The minimum Gasteiger partial charge on any atom is -0.436 e. The summed E-state index contributed by atoms with van der Waals surface area (Å²) < 4.78 is 5.91. The van der Waals surface area contributed by atoms with Gasteiger partial charge in [-0.2, -0.15) is 0 Å². The quantitative estimate of drug-likeness (QED) is 0.362. The molecule has 0 aliphatic carbocycles. The van der Waals surface area contributed by atoms with Crippen LogP contribution in [0.2, 0.25) is 0 Å². The Morgan fingerprint density at radius 2 is 1.52 bits per heavy atom. The van der Waals surface area contributed by atoms with E-state index in [4.69, 9.17) is 4.42 Å². The molecule has 5 aromatic rings. The molecule has 5 rings (SSSR count). The predicted octanol–water partition coefficient (Wildman–Crippen LogP) is 6.72. The molecule has 4 aromatic carbocycles. The molecule has 0 atom stereocenters. The van der Waals surface area contributed by atoms with E-state index in [1.54, 1.807) is 0 Å². The Kier molecular flexibility index (Phi) is 4.81. The number of nitrogens with one attached hydrogen (secondary N) is 1. The Morgan fingerprint density at radius 3 is 2.32 bits per heavy atom. The molecule has 31 heavy (non-hydrogen) atoms. The Hall–Kier alpha value is -4.18. The predicted molar refractivity (Wildman–Crippen MR) is 124 cm³/mol. The van der Waals surface area contributed by atoms with Gasteiger partial charge >= 0.3 is 0 Å². The number of oxazole rings is 1. The zero-order valence-corrected chi connectivity index (χ0v) is 17.0. The summed E-state index contributed by atoms with van der Waals surface area (Å²) in [7, 11) is 0. The molecule has 0 aliphatic heterocycles. The molecule has 0 aliphatic rings. The van der Waals surface area contributed by atoms with Crippen LogP contribution in [0.1, 0.15) is 15.9 Å². The molecule has 1 N–H and O–H groups in total. The lowest BCUT2D eigenvalue weighted by Gasteiger charge is -2.07. The highest BCUT2D eigenvalue weighted by Crippen LogP contribution is 2.27. The van der Waals surface area contributed by atoms with Gasteiger partial charge in [0.2, 0.25) is 5.89 Å². The highest BCUT2D eigenvalue weighted by molar-refractivity contribution is 6.04. The molecule has 4 nitrogen and oxygen atoms in total. The number of benzene rings is 4. The van der Waals surface area contributed by atoms with Crippen LogP contribution in [0.3, 0.4) is 0 Å². The third kappa shape index (κ3) is 3.96. The van der Waals surface area contributed by atoms with Gasteiger partial charge in [0.25, 0.3) is 5.91 Å². The van der Waals surface area contributed by atoms with Crippen LogP contribution in [0.4, 0.5) is 5.69 Å². The maximum atomic E-state index is 12.7. The molecule has 0 unspecified atom stereocenters. The third-order valence-corrected chi connectivity index (χ3v) is 5.17. The molecule has 0 saturated carbocycles. The van der Waals surface area contributed by atoms with Crippen LogP contribution in [-0.2, 0) is 0 Å². The van der Waals surface area contributed by atoms with Crippen molar-refractivity contribution in [3.05, 3.63) is 108 Å². The van der Waals surface area contributed by atoms with Crippen LogP contribution in [0, 0.1) is 6.92 Å². The molecule has 0 fully saturated rings. The van der Waals surface area contributed by atoms with Crippen LogP contribution in [-0.4, -0.2) is 10.9 Å². The molecule has 1 amide bonds. The van der Waals surface area contributed by atoms with Crippen molar-refractivity contribution in [2.45, 2.75) is 6.92 Å². The lowest BCUT2D eigenvalue weighted by atomic mass is 10.0. The van der Waals surface area contributed by atoms with Crippen molar-refractivity contribution in [2.24, 2.45) is 0 Å². The first-order chi connectivity index (χ1) is 15.2. The Labute approximate surface area is 180 Å². The summed E-state index contributed by atoms with van der Waals surface area (Å²) in [4.78, 5) is 17.3. The molecule has 0 radical (unpaired) electrons. The topological polar surface area (TPSA) is 55.1 Å². The van der Waals surface area contributed by atoms with Gasteiger partial charge in [-0.15, -0.1) is 0 Å². The number of hydrogen-bond donors (Lipinski definition) is 1. The van der Waals surface area contributed by atoms with E-state index in [-0.39, 0.29) is 5.91 Å². The number of aryl methyl sites for hydroxylation is 1. The van der Waals surface area contributed by atoms with Gasteiger partial charge in [0.05, 0.1) is 0 Å². The zero-order valence-electron chi connectivity index (χ0n) is 17.0. The van der Waals surface area contributed by atoms with Crippen molar-refractivity contribution in [3.8, 4) is 22.6 Å². The van der Waals surface area contributed by atoms with Gasteiger partial charge in [-0.25, -0.2) is 4.98 Å². The molecule has 150 valence electrons. The smallest absolute Gasteiger partial charge is 0.255 e. The highest BCUT2D eigenvalue weighted by atomic mass is 16.3. The molecular formula is C27H20N2O2. The number of fused-ring (bicyclic) bond motifs is 1. The minimum absolute atomic E-state index is 0.162. The highest BCUT2D eigenvalue weighted by Gasteiger charge is 2.11. The lowest BCUT2D eigenvalue weighted by molar-refractivity contribution is 0.102. The number of anilines is 1. The summed E-state index contributed by atoms with van der Waals surface area (Å²) in [5.74, 6) is 0.369. The average molecular weight is 404 g/mol. The van der Waals surface area contributed by atoms with Gasteiger partial charge in [-0.1, -0.05) is 54.6 Å². The molecular weight excluding hydrogens is 384 g/mol.